The van der Waals surface area contributed by atoms with Crippen LogP contribution in [0.25, 0.3) is 0 Å². The highest BCUT2D eigenvalue weighted by Gasteiger charge is 2.31. The summed E-state index contributed by atoms with van der Waals surface area (Å²) in [5.74, 6) is 0. The zero-order valence-corrected chi connectivity index (χ0v) is 9.44. The van der Waals surface area contributed by atoms with Crippen LogP contribution in [0.4, 0.5) is 24.5 Å². The van der Waals surface area contributed by atoms with Crippen molar-refractivity contribution >= 4 is 11.4 Å². The predicted octanol–water partition coefficient (Wildman–Crippen LogP) is 3.11. The Labute approximate surface area is 106 Å². The number of aromatic nitrogens is 2. The summed E-state index contributed by atoms with van der Waals surface area (Å²) >= 11 is 0. The number of alkyl halides is 3. The minimum Gasteiger partial charge on any atom is -0.354 e. The van der Waals surface area contributed by atoms with Crippen molar-refractivity contribution in [2.45, 2.75) is 6.18 Å². The number of nitrogens with zero attached hydrogens (tertiary/aromatic N) is 3. The molecule has 2 heterocycles. The molecule has 0 aliphatic heterocycles. The number of pyridine rings is 2. The van der Waals surface area contributed by atoms with Crippen LogP contribution in [0.1, 0.15) is 11.4 Å². The van der Waals surface area contributed by atoms with Gasteiger partial charge in [0.1, 0.15) is 17.5 Å². The van der Waals surface area contributed by atoms with Crippen LogP contribution in [0, 0.1) is 11.3 Å². The lowest BCUT2D eigenvalue weighted by Gasteiger charge is -2.08. The molecule has 7 heteroatoms. The standard InChI is InChI=1S/C12H7F3N4/c13-12(14,15)11-2-1-9(7-18-11)19-8-3-4-17-10(5-8)6-16/h1-5,7H,(H,17,19). The molecule has 0 saturated carbocycles. The number of nitrogens with one attached hydrogen (secondary N) is 1. The third kappa shape index (κ3) is 3.19. The fraction of sp³-hybridized carbons (Fsp3) is 0.0833. The molecule has 0 spiro atoms. The number of halogens is 3. The second-order valence-electron chi connectivity index (χ2n) is 3.60. The van der Waals surface area contributed by atoms with Crippen LogP contribution in [0.5, 0.6) is 0 Å². The van der Waals surface area contributed by atoms with Crippen molar-refractivity contribution < 1.29 is 13.2 Å². The molecule has 0 aliphatic carbocycles. The summed E-state index contributed by atoms with van der Waals surface area (Å²) in [5.41, 5.74) is 0.201. The van der Waals surface area contributed by atoms with E-state index in [4.69, 9.17) is 5.26 Å². The summed E-state index contributed by atoms with van der Waals surface area (Å²) in [6, 6.07) is 7.10. The molecule has 19 heavy (non-hydrogen) atoms. The SMILES string of the molecule is N#Cc1cc(Nc2ccc(C(F)(F)F)nc2)ccn1. The molecule has 96 valence electrons. The van der Waals surface area contributed by atoms with E-state index in [0.29, 0.717) is 11.4 Å². The monoisotopic (exact) mass is 264 g/mol. The zero-order chi connectivity index (χ0) is 13.9. The number of nitriles is 1. The minimum atomic E-state index is -4.46. The Morgan fingerprint density at radius 2 is 1.89 bits per heavy atom. The first-order chi connectivity index (χ1) is 8.99. The van der Waals surface area contributed by atoms with Gasteiger partial charge in [-0.2, -0.15) is 18.4 Å². The van der Waals surface area contributed by atoms with Crippen molar-refractivity contribution in [1.82, 2.24) is 9.97 Å². The summed E-state index contributed by atoms with van der Waals surface area (Å²) in [6.07, 6.45) is -1.95. The summed E-state index contributed by atoms with van der Waals surface area (Å²) < 4.78 is 37.0. The Morgan fingerprint density at radius 1 is 1.11 bits per heavy atom. The molecule has 0 bridgehead atoms. The molecule has 0 unspecified atom stereocenters. The van der Waals surface area contributed by atoms with E-state index in [9.17, 15) is 13.2 Å². The smallest absolute Gasteiger partial charge is 0.354 e. The van der Waals surface area contributed by atoms with Crippen LogP contribution in [0.2, 0.25) is 0 Å². The minimum absolute atomic E-state index is 0.213. The fourth-order valence-corrected chi connectivity index (χ4v) is 1.37. The van der Waals surface area contributed by atoms with Crippen LogP contribution < -0.4 is 5.32 Å². The van der Waals surface area contributed by atoms with Gasteiger partial charge in [-0.25, -0.2) is 9.97 Å². The second-order valence-corrected chi connectivity index (χ2v) is 3.60. The maximum Gasteiger partial charge on any atom is 0.433 e. The van der Waals surface area contributed by atoms with Gasteiger partial charge in [0.2, 0.25) is 0 Å². The molecule has 0 atom stereocenters. The van der Waals surface area contributed by atoms with Crippen LogP contribution in [-0.2, 0) is 6.18 Å². The van der Waals surface area contributed by atoms with Gasteiger partial charge in [-0.3, -0.25) is 0 Å². The highest BCUT2D eigenvalue weighted by molar-refractivity contribution is 5.59. The van der Waals surface area contributed by atoms with Crippen molar-refractivity contribution in [1.29, 1.82) is 5.26 Å². The van der Waals surface area contributed by atoms with Crippen molar-refractivity contribution in [2.24, 2.45) is 0 Å². The molecule has 2 aromatic rings. The van der Waals surface area contributed by atoms with E-state index in [1.165, 1.54) is 18.3 Å². The average molecular weight is 264 g/mol. The molecule has 0 fully saturated rings. The first kappa shape index (κ1) is 12.8. The van der Waals surface area contributed by atoms with E-state index in [2.05, 4.69) is 15.3 Å². The number of anilines is 2. The normalized spacial score (nSPS) is 10.8. The van der Waals surface area contributed by atoms with E-state index in [1.54, 1.807) is 6.07 Å². The van der Waals surface area contributed by atoms with Crippen molar-refractivity contribution in [3.05, 3.63) is 48.0 Å². The van der Waals surface area contributed by atoms with Gasteiger partial charge in [0, 0.05) is 11.9 Å². The molecular weight excluding hydrogens is 257 g/mol. The Bertz CT molecular complexity index is 614. The van der Waals surface area contributed by atoms with Gasteiger partial charge < -0.3 is 5.32 Å². The Hall–Kier alpha value is -2.62. The van der Waals surface area contributed by atoms with Gasteiger partial charge in [-0.05, 0) is 24.3 Å². The van der Waals surface area contributed by atoms with E-state index >= 15 is 0 Å². The van der Waals surface area contributed by atoms with Gasteiger partial charge in [0.05, 0.1) is 11.9 Å². The Balaban J connectivity index is 2.18. The van der Waals surface area contributed by atoms with Crippen LogP contribution in [0.15, 0.2) is 36.7 Å². The number of hydrogen-bond acceptors (Lipinski definition) is 4. The second kappa shape index (κ2) is 4.94. The number of rotatable bonds is 2. The van der Waals surface area contributed by atoms with Crippen molar-refractivity contribution in [3.8, 4) is 6.07 Å². The molecule has 0 radical (unpaired) electrons. The summed E-state index contributed by atoms with van der Waals surface area (Å²) in [6.45, 7) is 0. The van der Waals surface area contributed by atoms with Gasteiger partial charge in [0.25, 0.3) is 0 Å². The summed E-state index contributed by atoms with van der Waals surface area (Å²) in [7, 11) is 0. The van der Waals surface area contributed by atoms with Crippen LogP contribution in [0.3, 0.4) is 0 Å². The highest BCUT2D eigenvalue weighted by Crippen LogP contribution is 2.28. The molecular formula is C12H7F3N4. The molecule has 0 aliphatic rings. The average Bonchev–Trinajstić information content (AvgIpc) is 2.38. The van der Waals surface area contributed by atoms with Gasteiger partial charge in [0.15, 0.2) is 0 Å². The van der Waals surface area contributed by atoms with Crippen LogP contribution >= 0.6 is 0 Å². The lowest BCUT2D eigenvalue weighted by atomic mass is 10.3. The van der Waals surface area contributed by atoms with Gasteiger partial charge in [-0.1, -0.05) is 0 Å². The number of hydrogen-bond donors (Lipinski definition) is 1. The van der Waals surface area contributed by atoms with E-state index in [1.807, 2.05) is 6.07 Å². The fourth-order valence-electron chi connectivity index (χ4n) is 1.37. The lowest BCUT2D eigenvalue weighted by Crippen LogP contribution is -2.07. The molecule has 0 saturated heterocycles. The van der Waals surface area contributed by atoms with Crippen LogP contribution in [-0.4, -0.2) is 9.97 Å². The first-order valence-corrected chi connectivity index (χ1v) is 5.15. The van der Waals surface area contributed by atoms with Gasteiger partial charge >= 0.3 is 6.18 Å². The predicted molar refractivity (Wildman–Crippen MR) is 61.5 cm³/mol. The van der Waals surface area contributed by atoms with Crippen molar-refractivity contribution in [3.63, 3.8) is 0 Å². The molecule has 0 aromatic carbocycles. The third-order valence-electron chi connectivity index (χ3n) is 2.22. The van der Waals surface area contributed by atoms with Gasteiger partial charge in [-0.15, -0.1) is 0 Å². The Morgan fingerprint density at radius 3 is 2.47 bits per heavy atom. The highest BCUT2D eigenvalue weighted by atomic mass is 19.4. The lowest BCUT2D eigenvalue weighted by molar-refractivity contribution is -0.141. The van der Waals surface area contributed by atoms with Crippen molar-refractivity contribution in [2.75, 3.05) is 5.32 Å². The maximum atomic E-state index is 12.3. The topological polar surface area (TPSA) is 61.6 Å². The van der Waals surface area contributed by atoms with E-state index in [-0.39, 0.29) is 5.69 Å². The molecule has 4 nitrogen and oxygen atoms in total. The quantitative estimate of drug-likeness (QED) is 0.905. The largest absolute Gasteiger partial charge is 0.433 e. The first-order valence-electron chi connectivity index (χ1n) is 5.15. The molecule has 2 aromatic heterocycles. The van der Waals surface area contributed by atoms with E-state index in [0.717, 1.165) is 12.3 Å². The third-order valence-corrected chi connectivity index (χ3v) is 2.22. The Kier molecular flexibility index (Phi) is 3.33. The summed E-state index contributed by atoms with van der Waals surface area (Å²) in [5, 5.41) is 11.5. The maximum absolute atomic E-state index is 12.3. The molecule has 2 rings (SSSR count). The molecule has 0 amide bonds. The zero-order valence-electron chi connectivity index (χ0n) is 9.44. The summed E-state index contributed by atoms with van der Waals surface area (Å²) in [4.78, 5) is 7.10. The van der Waals surface area contributed by atoms with E-state index < -0.39 is 11.9 Å². The molecule has 1 N–H and O–H groups in total.